The van der Waals surface area contributed by atoms with Gasteiger partial charge in [-0.2, -0.15) is 0 Å². The Balaban J connectivity index is 1.41. The van der Waals surface area contributed by atoms with E-state index in [1.807, 2.05) is 39.0 Å². The topological polar surface area (TPSA) is 144 Å². The van der Waals surface area contributed by atoms with Crippen molar-refractivity contribution in [2.24, 2.45) is 41.4 Å². The molecule has 4 heterocycles. The van der Waals surface area contributed by atoms with Gasteiger partial charge in [-0.15, -0.1) is 0 Å². The first-order valence-electron chi connectivity index (χ1n) is 22.5. The molecule has 16 atom stereocenters. The lowest BCUT2D eigenvalue weighted by molar-refractivity contribution is -0.304. The van der Waals surface area contributed by atoms with Crippen LogP contribution in [-0.4, -0.2) is 144 Å². The van der Waals surface area contributed by atoms with Crippen LogP contribution in [0.3, 0.4) is 0 Å². The smallest absolute Gasteiger partial charge is 0.308 e. The fraction of sp³-hybridized carbons (Fsp3) is 0.867. The van der Waals surface area contributed by atoms with E-state index in [1.165, 1.54) is 38.5 Å². The van der Waals surface area contributed by atoms with E-state index in [2.05, 4.69) is 29.2 Å². The molecule has 3 saturated heterocycles. The number of nitrogens with zero attached hydrogens (tertiary/aromatic N) is 3. The summed E-state index contributed by atoms with van der Waals surface area (Å²) in [6.07, 6.45) is 10.3. The van der Waals surface area contributed by atoms with Gasteiger partial charge >= 0.3 is 5.97 Å². The lowest BCUT2D eigenvalue weighted by Crippen LogP contribution is -2.63. The third-order valence-electron chi connectivity index (χ3n) is 14.0. The number of likely N-dealkylation sites (tertiary alicyclic amines) is 1. The molecule has 5 rings (SSSR count). The zero-order valence-corrected chi connectivity index (χ0v) is 36.4. The van der Waals surface area contributed by atoms with E-state index < -0.39 is 60.8 Å². The number of ether oxygens (including phenoxy) is 3. The Labute approximate surface area is 343 Å². The SMILES string of the molecule is CC[C@H]1OC(=O)C[C@@H](O)[C@H](C)[C@@H](OC2OC(C)C(O)C(N(C)C)C2O)[C@@H](CCN2CC(C)CC(C)C2)C[C@@H](C)C(=O)/C=C/C=C/[C@@H]1CNN1CCC2CCCCC21. The molecule has 0 amide bonds. The number of hydrogen-bond donors (Lipinski definition) is 4. The number of esters is 1. The fourth-order valence-corrected chi connectivity index (χ4v) is 10.8. The summed E-state index contributed by atoms with van der Waals surface area (Å²) in [6, 6.07) is -0.100. The van der Waals surface area contributed by atoms with Gasteiger partial charge in [-0.05, 0) is 102 Å². The molecule has 326 valence electrons. The molecule has 1 saturated carbocycles. The number of cyclic esters (lactones) is 1. The molecule has 1 aliphatic carbocycles. The number of piperidine rings is 1. The van der Waals surface area contributed by atoms with Gasteiger partial charge in [-0.1, -0.05) is 65.7 Å². The number of carbonyl (C=O) groups excluding carboxylic acids is 2. The molecule has 5 aliphatic rings. The van der Waals surface area contributed by atoms with E-state index in [9.17, 15) is 24.9 Å². The van der Waals surface area contributed by atoms with E-state index in [-0.39, 0.29) is 30.0 Å². The van der Waals surface area contributed by atoms with Crippen LogP contribution < -0.4 is 5.43 Å². The van der Waals surface area contributed by atoms with Crippen molar-refractivity contribution >= 4 is 11.8 Å². The monoisotopic (exact) mass is 803 g/mol. The van der Waals surface area contributed by atoms with E-state index in [4.69, 9.17) is 14.2 Å². The number of likely N-dealkylation sites (N-methyl/N-ethyl adjacent to an activating group) is 1. The molecule has 9 unspecified atom stereocenters. The summed E-state index contributed by atoms with van der Waals surface area (Å²) in [4.78, 5) is 31.8. The molecule has 0 aromatic rings. The zero-order chi connectivity index (χ0) is 41.4. The normalized spacial score (nSPS) is 43.4. The van der Waals surface area contributed by atoms with Crippen molar-refractivity contribution in [3.05, 3.63) is 24.3 Å². The minimum Gasteiger partial charge on any atom is -0.462 e. The van der Waals surface area contributed by atoms with Crippen molar-refractivity contribution in [3.8, 4) is 0 Å². The Hall–Kier alpha value is -1.74. The number of allylic oxidation sites excluding steroid dienone is 3. The standard InChI is InChI=1S/C45H78N4O8/c1-9-39-35(25-46-49-21-19-33-14-10-12-16-36(33)49)15-11-13-17-37(50)30(4)23-34(18-20-48-26-28(2)22-29(3)27-48)44(31(5)38(51)24-40(52)56-39)57-45-43(54)41(47(7)8)42(53)32(6)55-45/h11,13,15,17,28-36,38-39,41-46,51,53-54H,9-10,12,14,16,18-27H2,1-8H3/b15-11+,17-13+/t28?,29?,30-,31+,32?,33?,34+,35-,36?,38-,39-,41?,42?,43?,44-,45?/m1/s1. The Bertz CT molecular complexity index is 1320. The van der Waals surface area contributed by atoms with Crippen molar-refractivity contribution in [3.63, 3.8) is 0 Å². The van der Waals surface area contributed by atoms with E-state index in [0.29, 0.717) is 43.7 Å². The second-order valence-corrected chi connectivity index (χ2v) is 19.0. The van der Waals surface area contributed by atoms with Crippen LogP contribution in [0.25, 0.3) is 0 Å². The lowest BCUT2D eigenvalue weighted by atomic mass is 9.79. The second-order valence-electron chi connectivity index (χ2n) is 19.0. The minimum absolute atomic E-state index is 0.0100. The summed E-state index contributed by atoms with van der Waals surface area (Å²) in [5, 5.41) is 36.9. The predicted octanol–water partition coefficient (Wildman–Crippen LogP) is 4.57. The van der Waals surface area contributed by atoms with Crippen molar-refractivity contribution in [1.82, 2.24) is 20.2 Å². The average molecular weight is 803 g/mol. The Morgan fingerprint density at radius 2 is 1.67 bits per heavy atom. The van der Waals surface area contributed by atoms with Crippen LogP contribution >= 0.6 is 0 Å². The Morgan fingerprint density at radius 1 is 0.947 bits per heavy atom. The van der Waals surface area contributed by atoms with Crippen LogP contribution in [0, 0.1) is 41.4 Å². The number of nitrogens with one attached hydrogen (secondary N) is 1. The highest BCUT2D eigenvalue weighted by atomic mass is 16.7. The van der Waals surface area contributed by atoms with Gasteiger partial charge in [-0.3, -0.25) is 15.0 Å². The van der Waals surface area contributed by atoms with Gasteiger partial charge < -0.3 is 39.3 Å². The minimum atomic E-state index is -1.18. The van der Waals surface area contributed by atoms with Crippen LogP contribution in [0.1, 0.15) is 106 Å². The number of hydrazine groups is 1. The van der Waals surface area contributed by atoms with E-state index in [1.54, 1.807) is 32.0 Å². The molecule has 0 spiro atoms. The molecular weight excluding hydrogens is 725 g/mol. The Morgan fingerprint density at radius 3 is 2.37 bits per heavy atom. The third kappa shape index (κ3) is 12.4. The second kappa shape index (κ2) is 21.7. The number of aliphatic hydroxyl groups is 3. The molecule has 12 heteroatoms. The van der Waals surface area contributed by atoms with Gasteiger partial charge in [-0.25, -0.2) is 5.01 Å². The average Bonchev–Trinajstić information content (AvgIpc) is 3.58. The first kappa shape index (κ1) is 46.3. The van der Waals surface area contributed by atoms with Crippen LogP contribution in [0.5, 0.6) is 0 Å². The molecule has 0 radical (unpaired) electrons. The lowest BCUT2D eigenvalue weighted by Gasteiger charge is -2.47. The summed E-state index contributed by atoms with van der Waals surface area (Å²) in [6.45, 7) is 16.6. The van der Waals surface area contributed by atoms with Crippen LogP contribution in [0.4, 0.5) is 0 Å². The first-order valence-corrected chi connectivity index (χ1v) is 22.5. The summed E-state index contributed by atoms with van der Waals surface area (Å²) >= 11 is 0. The van der Waals surface area contributed by atoms with Gasteiger partial charge in [0.05, 0.1) is 36.9 Å². The largest absolute Gasteiger partial charge is 0.462 e. The number of fused-ring (bicyclic) bond motifs is 1. The summed E-state index contributed by atoms with van der Waals surface area (Å²) in [5.41, 5.74) is 3.70. The molecule has 0 bridgehead atoms. The number of hydrogen-bond acceptors (Lipinski definition) is 12. The van der Waals surface area contributed by atoms with Gasteiger partial charge in [0.2, 0.25) is 0 Å². The molecule has 0 aromatic heterocycles. The van der Waals surface area contributed by atoms with Gasteiger partial charge in [0.1, 0.15) is 12.2 Å². The van der Waals surface area contributed by atoms with E-state index in [0.717, 1.165) is 32.1 Å². The molecule has 4 aliphatic heterocycles. The molecule has 4 fully saturated rings. The number of rotatable bonds is 10. The molecule has 0 aromatic carbocycles. The van der Waals surface area contributed by atoms with Crippen LogP contribution in [0.2, 0.25) is 0 Å². The zero-order valence-electron chi connectivity index (χ0n) is 36.4. The van der Waals surface area contributed by atoms with Crippen molar-refractivity contribution < 1.29 is 39.1 Å². The maximum Gasteiger partial charge on any atom is 0.308 e. The molecule has 57 heavy (non-hydrogen) atoms. The number of aliphatic hydroxyl groups excluding tert-OH is 3. The highest BCUT2D eigenvalue weighted by Gasteiger charge is 2.47. The van der Waals surface area contributed by atoms with E-state index >= 15 is 0 Å². The van der Waals surface area contributed by atoms with Crippen molar-refractivity contribution in [1.29, 1.82) is 0 Å². The first-order chi connectivity index (χ1) is 27.2. The van der Waals surface area contributed by atoms with Gasteiger partial charge in [0.25, 0.3) is 0 Å². The van der Waals surface area contributed by atoms with Crippen LogP contribution in [0.15, 0.2) is 24.3 Å². The molecular formula is C45H78N4O8. The number of carbonyl (C=O) groups is 2. The van der Waals surface area contributed by atoms with Crippen LogP contribution in [-0.2, 0) is 23.8 Å². The van der Waals surface area contributed by atoms with Gasteiger partial charge in [0.15, 0.2) is 12.1 Å². The van der Waals surface area contributed by atoms with Gasteiger partial charge in [0, 0.05) is 50.0 Å². The highest BCUT2D eigenvalue weighted by Crippen LogP contribution is 2.37. The summed E-state index contributed by atoms with van der Waals surface area (Å²) in [7, 11) is 3.61. The van der Waals surface area contributed by atoms with Crippen molar-refractivity contribution in [2.75, 3.05) is 46.8 Å². The highest BCUT2D eigenvalue weighted by molar-refractivity contribution is 5.91. The molecule has 12 nitrogen and oxygen atoms in total. The predicted molar refractivity (Wildman–Crippen MR) is 222 cm³/mol. The maximum atomic E-state index is 13.8. The molecule has 4 N–H and O–H groups in total. The maximum absolute atomic E-state index is 13.8. The Kier molecular flexibility index (Phi) is 17.6. The summed E-state index contributed by atoms with van der Waals surface area (Å²) in [5.74, 6) is 0.138. The quantitative estimate of drug-likeness (QED) is 0.230. The van der Waals surface area contributed by atoms with Crippen molar-refractivity contribution in [2.45, 2.75) is 161 Å². The summed E-state index contributed by atoms with van der Waals surface area (Å²) < 4.78 is 19.2. The fourth-order valence-electron chi connectivity index (χ4n) is 10.8. The number of ketones is 1. The third-order valence-corrected chi connectivity index (χ3v) is 14.0.